The summed E-state index contributed by atoms with van der Waals surface area (Å²) in [7, 11) is 0. The first-order valence-corrected chi connectivity index (χ1v) is 11.8. The Morgan fingerprint density at radius 3 is 2.53 bits per heavy atom. The molecule has 0 atom stereocenters. The van der Waals surface area contributed by atoms with E-state index < -0.39 is 17.8 Å². The SMILES string of the molecule is O=C(Nc1cccc(C(F)(F)F)c1)N(Cc1cccn1Cc1ccccc1Cl)C1CCCCC1. The first-order chi connectivity index (χ1) is 16.3. The van der Waals surface area contributed by atoms with Crippen molar-refractivity contribution in [1.29, 1.82) is 0 Å². The lowest BCUT2D eigenvalue weighted by Gasteiger charge is -2.34. The van der Waals surface area contributed by atoms with Crippen LogP contribution in [-0.4, -0.2) is 21.5 Å². The molecule has 0 spiro atoms. The molecule has 2 aromatic carbocycles. The number of nitrogens with zero attached hydrogens (tertiary/aromatic N) is 2. The highest BCUT2D eigenvalue weighted by Crippen LogP contribution is 2.31. The van der Waals surface area contributed by atoms with Gasteiger partial charge in [-0.15, -0.1) is 0 Å². The Labute approximate surface area is 202 Å². The van der Waals surface area contributed by atoms with Gasteiger partial charge in [0, 0.05) is 35.2 Å². The number of nitrogens with one attached hydrogen (secondary N) is 1. The van der Waals surface area contributed by atoms with Gasteiger partial charge in [-0.1, -0.05) is 55.1 Å². The summed E-state index contributed by atoms with van der Waals surface area (Å²) in [6, 6.07) is 15.9. The van der Waals surface area contributed by atoms with Crippen molar-refractivity contribution in [3.63, 3.8) is 0 Å². The van der Waals surface area contributed by atoms with Gasteiger partial charge in [0.15, 0.2) is 0 Å². The van der Waals surface area contributed by atoms with Crippen molar-refractivity contribution in [3.05, 3.63) is 88.7 Å². The Balaban J connectivity index is 1.55. The number of hydrogen-bond donors (Lipinski definition) is 1. The third kappa shape index (κ3) is 5.95. The maximum absolute atomic E-state index is 13.3. The number of urea groups is 1. The second-order valence-electron chi connectivity index (χ2n) is 8.65. The van der Waals surface area contributed by atoms with Gasteiger partial charge in [-0.25, -0.2) is 4.79 Å². The second kappa shape index (κ2) is 10.6. The van der Waals surface area contributed by atoms with Crippen LogP contribution in [0, 0.1) is 0 Å². The Morgan fingerprint density at radius 2 is 1.79 bits per heavy atom. The van der Waals surface area contributed by atoms with Crippen molar-refractivity contribution < 1.29 is 18.0 Å². The van der Waals surface area contributed by atoms with E-state index in [2.05, 4.69) is 9.88 Å². The molecule has 1 saturated carbocycles. The topological polar surface area (TPSA) is 37.3 Å². The molecule has 0 aliphatic heterocycles. The van der Waals surface area contributed by atoms with E-state index in [-0.39, 0.29) is 11.7 Å². The highest BCUT2D eigenvalue weighted by atomic mass is 35.5. The highest BCUT2D eigenvalue weighted by Gasteiger charge is 2.31. The predicted octanol–water partition coefficient (Wildman–Crippen LogP) is 7.58. The quantitative estimate of drug-likeness (QED) is 0.381. The number of carbonyl (C=O) groups is 1. The van der Waals surface area contributed by atoms with Gasteiger partial charge in [-0.05, 0) is 54.8 Å². The van der Waals surface area contributed by atoms with Gasteiger partial charge >= 0.3 is 12.2 Å². The van der Waals surface area contributed by atoms with Crippen molar-refractivity contribution in [3.8, 4) is 0 Å². The van der Waals surface area contributed by atoms with Crippen LogP contribution in [0.4, 0.5) is 23.7 Å². The molecule has 1 aliphatic carbocycles. The molecule has 1 heterocycles. The largest absolute Gasteiger partial charge is 0.416 e. The summed E-state index contributed by atoms with van der Waals surface area (Å²) in [4.78, 5) is 15.1. The first-order valence-electron chi connectivity index (χ1n) is 11.4. The van der Waals surface area contributed by atoms with Crippen LogP contribution in [0.2, 0.25) is 5.02 Å². The molecule has 0 radical (unpaired) electrons. The van der Waals surface area contributed by atoms with Gasteiger partial charge in [-0.2, -0.15) is 13.2 Å². The zero-order valence-electron chi connectivity index (χ0n) is 18.7. The molecule has 4 rings (SSSR count). The average Bonchev–Trinajstić information content (AvgIpc) is 3.25. The van der Waals surface area contributed by atoms with Crippen LogP contribution in [0.1, 0.15) is 48.9 Å². The molecule has 4 nitrogen and oxygen atoms in total. The number of amides is 2. The molecule has 1 N–H and O–H groups in total. The summed E-state index contributed by atoms with van der Waals surface area (Å²) in [6.45, 7) is 0.919. The molecule has 2 amide bonds. The normalized spacial score (nSPS) is 14.7. The second-order valence-corrected chi connectivity index (χ2v) is 9.05. The van der Waals surface area contributed by atoms with E-state index in [1.165, 1.54) is 12.1 Å². The van der Waals surface area contributed by atoms with E-state index in [9.17, 15) is 18.0 Å². The number of halogens is 4. The summed E-state index contributed by atoms with van der Waals surface area (Å²) >= 11 is 6.34. The number of aromatic nitrogens is 1. The summed E-state index contributed by atoms with van der Waals surface area (Å²) in [5, 5.41) is 3.37. The first kappa shape index (κ1) is 24.2. The number of alkyl halides is 3. The minimum absolute atomic E-state index is 0.0308. The molecule has 3 aromatic rings. The summed E-state index contributed by atoms with van der Waals surface area (Å²) in [5.74, 6) is 0. The van der Waals surface area contributed by atoms with Gasteiger partial charge in [0.2, 0.25) is 0 Å². The molecule has 8 heteroatoms. The zero-order chi connectivity index (χ0) is 24.1. The van der Waals surface area contributed by atoms with Crippen LogP contribution in [0.15, 0.2) is 66.9 Å². The van der Waals surface area contributed by atoms with Crippen molar-refractivity contribution >= 4 is 23.3 Å². The lowest BCUT2D eigenvalue weighted by Crippen LogP contribution is -2.43. The molecule has 0 unspecified atom stereocenters. The van der Waals surface area contributed by atoms with E-state index in [1.807, 2.05) is 42.6 Å². The molecule has 34 heavy (non-hydrogen) atoms. The van der Waals surface area contributed by atoms with Crippen LogP contribution in [-0.2, 0) is 19.3 Å². The van der Waals surface area contributed by atoms with Crippen molar-refractivity contribution in [1.82, 2.24) is 9.47 Å². The van der Waals surface area contributed by atoms with E-state index in [0.29, 0.717) is 18.1 Å². The monoisotopic (exact) mass is 489 g/mol. The van der Waals surface area contributed by atoms with Gasteiger partial charge in [0.1, 0.15) is 0 Å². The molecule has 1 aliphatic rings. The lowest BCUT2D eigenvalue weighted by atomic mass is 9.94. The average molecular weight is 490 g/mol. The highest BCUT2D eigenvalue weighted by molar-refractivity contribution is 6.31. The van der Waals surface area contributed by atoms with Crippen molar-refractivity contribution in [2.45, 2.75) is 57.4 Å². The van der Waals surface area contributed by atoms with E-state index in [1.54, 1.807) is 4.90 Å². The summed E-state index contributed by atoms with van der Waals surface area (Å²) < 4.78 is 41.4. The van der Waals surface area contributed by atoms with Gasteiger partial charge < -0.3 is 14.8 Å². The van der Waals surface area contributed by atoms with Gasteiger partial charge in [0.25, 0.3) is 0 Å². The fourth-order valence-corrected chi connectivity index (χ4v) is 4.66. The Kier molecular flexibility index (Phi) is 7.51. The van der Waals surface area contributed by atoms with E-state index >= 15 is 0 Å². The number of benzene rings is 2. The predicted molar refractivity (Wildman–Crippen MR) is 128 cm³/mol. The molecular formula is C26H27ClF3N3O. The number of anilines is 1. The number of hydrogen-bond acceptors (Lipinski definition) is 1. The van der Waals surface area contributed by atoms with Gasteiger partial charge in [0.05, 0.1) is 12.1 Å². The van der Waals surface area contributed by atoms with Gasteiger partial charge in [-0.3, -0.25) is 0 Å². The Morgan fingerprint density at radius 1 is 1.03 bits per heavy atom. The molecule has 1 fully saturated rings. The van der Waals surface area contributed by atoms with Crippen LogP contribution in [0.5, 0.6) is 0 Å². The van der Waals surface area contributed by atoms with Crippen LogP contribution < -0.4 is 5.32 Å². The van der Waals surface area contributed by atoms with E-state index in [4.69, 9.17) is 11.6 Å². The number of carbonyl (C=O) groups excluding carboxylic acids is 1. The fraction of sp³-hybridized carbons (Fsp3) is 0.346. The molecule has 0 saturated heterocycles. The maximum atomic E-state index is 13.3. The molecule has 180 valence electrons. The Hall–Kier alpha value is -2.93. The van der Waals surface area contributed by atoms with Crippen molar-refractivity contribution in [2.24, 2.45) is 0 Å². The Bertz CT molecular complexity index is 1120. The van der Waals surface area contributed by atoms with E-state index in [0.717, 1.165) is 55.5 Å². The third-order valence-electron chi connectivity index (χ3n) is 6.27. The van der Waals surface area contributed by atoms with Crippen molar-refractivity contribution in [2.75, 3.05) is 5.32 Å². The van der Waals surface area contributed by atoms with Crippen LogP contribution >= 0.6 is 11.6 Å². The minimum atomic E-state index is -4.47. The van der Waals surface area contributed by atoms with Crippen LogP contribution in [0.3, 0.4) is 0 Å². The smallest absolute Gasteiger partial charge is 0.345 e. The molecular weight excluding hydrogens is 463 g/mol. The molecule has 1 aromatic heterocycles. The third-order valence-corrected chi connectivity index (χ3v) is 6.64. The fourth-order valence-electron chi connectivity index (χ4n) is 4.46. The lowest BCUT2D eigenvalue weighted by molar-refractivity contribution is -0.137. The summed E-state index contributed by atoms with van der Waals surface area (Å²) in [5.41, 5.74) is 1.25. The maximum Gasteiger partial charge on any atom is 0.416 e. The number of rotatable bonds is 6. The zero-order valence-corrected chi connectivity index (χ0v) is 19.4. The standard InChI is InChI=1S/C26H27ClF3N3O/c27-24-14-5-4-8-19(24)17-32-15-7-13-23(32)18-33(22-11-2-1-3-12-22)25(34)31-21-10-6-9-20(16-21)26(28,29)30/h4-10,13-16,22H,1-3,11-12,17-18H2,(H,31,34). The molecule has 0 bridgehead atoms. The summed E-state index contributed by atoms with van der Waals surface area (Å²) in [6.07, 6.45) is 2.41. The van der Waals surface area contributed by atoms with Crippen LogP contribution in [0.25, 0.3) is 0 Å². The minimum Gasteiger partial charge on any atom is -0.345 e.